The lowest BCUT2D eigenvalue weighted by Gasteiger charge is -2.23. The van der Waals surface area contributed by atoms with E-state index >= 15 is 0 Å². The highest BCUT2D eigenvalue weighted by atomic mass is 15.6. The van der Waals surface area contributed by atoms with Crippen molar-refractivity contribution in [3.8, 4) is 0 Å². The molecule has 0 spiro atoms. The van der Waals surface area contributed by atoms with Crippen molar-refractivity contribution in [2.45, 2.75) is 13.0 Å². The minimum absolute atomic E-state index is 1.05. The van der Waals surface area contributed by atoms with Crippen LogP contribution in [-0.2, 0) is 6.54 Å². The molecule has 0 N–H and O–H groups in total. The maximum atomic E-state index is 2.40. The zero-order chi connectivity index (χ0) is 9.10. The Bertz CT molecular complexity index is 258. The summed E-state index contributed by atoms with van der Waals surface area (Å²) < 4.78 is 0. The van der Waals surface area contributed by atoms with Gasteiger partial charge in [0.15, 0.2) is 0 Å². The topological polar surface area (TPSA) is 6.48 Å². The molecule has 1 aromatic rings. The van der Waals surface area contributed by atoms with E-state index in [2.05, 4.69) is 47.4 Å². The number of hydrogen-bond donors (Lipinski definition) is 0. The maximum Gasteiger partial charge on any atom is 0.0384 e. The highest BCUT2D eigenvalue weighted by Crippen LogP contribution is 2.12. The van der Waals surface area contributed by atoms with Crippen molar-refractivity contribution in [2.75, 3.05) is 20.1 Å². The lowest BCUT2D eigenvalue weighted by molar-refractivity contribution is 0.0475. The van der Waals surface area contributed by atoms with Crippen LogP contribution in [0.25, 0.3) is 0 Å². The van der Waals surface area contributed by atoms with Gasteiger partial charge < -0.3 is 0 Å². The summed E-state index contributed by atoms with van der Waals surface area (Å²) in [6, 6.07) is 10.6. The molecular weight excluding hydrogens is 160 g/mol. The van der Waals surface area contributed by atoms with Crippen LogP contribution in [0.3, 0.4) is 0 Å². The van der Waals surface area contributed by atoms with Crippen LogP contribution in [-0.4, -0.2) is 30.2 Å². The normalized spacial score (nSPS) is 19.5. The molecule has 1 heterocycles. The summed E-state index contributed by atoms with van der Waals surface area (Å²) in [5, 5.41) is 4.71. The average molecular weight is 176 g/mol. The SMILES string of the molecule is CN1CCCN1Cc1ccccc1. The Balaban J connectivity index is 1.98. The van der Waals surface area contributed by atoms with Gasteiger partial charge in [-0.15, -0.1) is 0 Å². The molecule has 0 aliphatic carbocycles. The molecule has 0 saturated carbocycles. The Morgan fingerprint density at radius 1 is 1.15 bits per heavy atom. The van der Waals surface area contributed by atoms with E-state index in [1.54, 1.807) is 0 Å². The number of benzene rings is 1. The van der Waals surface area contributed by atoms with Crippen LogP contribution >= 0.6 is 0 Å². The van der Waals surface area contributed by atoms with Crippen LogP contribution in [0, 0.1) is 0 Å². The van der Waals surface area contributed by atoms with Crippen LogP contribution in [0.2, 0.25) is 0 Å². The Morgan fingerprint density at radius 3 is 2.54 bits per heavy atom. The second-order valence-corrected chi connectivity index (χ2v) is 3.61. The first-order valence-corrected chi connectivity index (χ1v) is 4.86. The first kappa shape index (κ1) is 8.73. The molecule has 1 aliphatic heterocycles. The molecule has 0 unspecified atom stereocenters. The first-order chi connectivity index (χ1) is 6.36. The van der Waals surface area contributed by atoms with Gasteiger partial charge in [-0.2, -0.15) is 0 Å². The van der Waals surface area contributed by atoms with Gasteiger partial charge in [0.1, 0.15) is 0 Å². The van der Waals surface area contributed by atoms with Crippen molar-refractivity contribution in [3.63, 3.8) is 0 Å². The largest absolute Gasteiger partial charge is 0.245 e. The predicted octanol–water partition coefficient (Wildman–Crippen LogP) is 1.74. The summed E-state index contributed by atoms with van der Waals surface area (Å²) in [5.41, 5.74) is 1.40. The van der Waals surface area contributed by atoms with Gasteiger partial charge in [0.25, 0.3) is 0 Å². The Morgan fingerprint density at radius 2 is 1.92 bits per heavy atom. The monoisotopic (exact) mass is 176 g/mol. The van der Waals surface area contributed by atoms with Gasteiger partial charge in [0.2, 0.25) is 0 Å². The zero-order valence-electron chi connectivity index (χ0n) is 8.11. The number of hydrazine groups is 1. The van der Waals surface area contributed by atoms with Gasteiger partial charge in [0.05, 0.1) is 0 Å². The van der Waals surface area contributed by atoms with E-state index in [1.165, 1.54) is 25.1 Å². The van der Waals surface area contributed by atoms with Crippen LogP contribution in [0.1, 0.15) is 12.0 Å². The fraction of sp³-hybridized carbons (Fsp3) is 0.455. The van der Waals surface area contributed by atoms with Crippen LogP contribution in [0.15, 0.2) is 30.3 Å². The number of rotatable bonds is 2. The minimum atomic E-state index is 1.05. The van der Waals surface area contributed by atoms with Gasteiger partial charge in [-0.05, 0) is 12.0 Å². The van der Waals surface area contributed by atoms with Crippen molar-refractivity contribution in [1.29, 1.82) is 0 Å². The van der Waals surface area contributed by atoms with Crippen molar-refractivity contribution >= 4 is 0 Å². The molecule has 0 bridgehead atoms. The van der Waals surface area contributed by atoms with Crippen LogP contribution < -0.4 is 0 Å². The molecule has 1 aromatic carbocycles. The fourth-order valence-electron chi connectivity index (χ4n) is 1.79. The van der Waals surface area contributed by atoms with Gasteiger partial charge in [-0.25, -0.2) is 10.0 Å². The Labute approximate surface area is 79.7 Å². The summed E-state index contributed by atoms with van der Waals surface area (Å²) in [7, 11) is 2.16. The summed E-state index contributed by atoms with van der Waals surface area (Å²) in [5.74, 6) is 0. The molecule has 0 aromatic heterocycles. The third kappa shape index (κ3) is 2.08. The van der Waals surface area contributed by atoms with Gasteiger partial charge in [0, 0.05) is 26.7 Å². The molecule has 1 fully saturated rings. The van der Waals surface area contributed by atoms with Crippen molar-refractivity contribution in [3.05, 3.63) is 35.9 Å². The zero-order valence-corrected chi connectivity index (χ0v) is 8.11. The van der Waals surface area contributed by atoms with E-state index < -0.39 is 0 Å². The van der Waals surface area contributed by atoms with E-state index in [0.29, 0.717) is 0 Å². The maximum absolute atomic E-state index is 2.40. The quantitative estimate of drug-likeness (QED) is 0.677. The molecule has 0 amide bonds. The van der Waals surface area contributed by atoms with E-state index in [0.717, 1.165) is 6.54 Å². The Hall–Kier alpha value is -0.860. The molecular formula is C11H16N2. The van der Waals surface area contributed by atoms with Crippen molar-refractivity contribution < 1.29 is 0 Å². The molecule has 13 heavy (non-hydrogen) atoms. The number of nitrogens with zero attached hydrogens (tertiary/aromatic N) is 2. The summed E-state index contributed by atoms with van der Waals surface area (Å²) in [6.45, 7) is 3.45. The summed E-state index contributed by atoms with van der Waals surface area (Å²) >= 11 is 0. The molecule has 2 nitrogen and oxygen atoms in total. The highest BCUT2D eigenvalue weighted by molar-refractivity contribution is 5.14. The van der Waals surface area contributed by atoms with E-state index in [1.807, 2.05) is 0 Å². The van der Waals surface area contributed by atoms with Gasteiger partial charge in [-0.3, -0.25) is 0 Å². The van der Waals surface area contributed by atoms with Crippen molar-refractivity contribution in [2.24, 2.45) is 0 Å². The Kier molecular flexibility index (Phi) is 2.62. The molecule has 2 rings (SSSR count). The second-order valence-electron chi connectivity index (χ2n) is 3.61. The molecule has 0 radical (unpaired) electrons. The fourth-order valence-corrected chi connectivity index (χ4v) is 1.79. The first-order valence-electron chi connectivity index (χ1n) is 4.86. The molecule has 70 valence electrons. The standard InChI is InChI=1S/C11H16N2/c1-12-8-5-9-13(12)10-11-6-3-2-4-7-11/h2-4,6-7H,5,8-10H2,1H3. The van der Waals surface area contributed by atoms with E-state index in [-0.39, 0.29) is 0 Å². The van der Waals surface area contributed by atoms with Gasteiger partial charge in [-0.1, -0.05) is 30.3 Å². The highest BCUT2D eigenvalue weighted by Gasteiger charge is 2.17. The van der Waals surface area contributed by atoms with Crippen molar-refractivity contribution in [1.82, 2.24) is 10.0 Å². The van der Waals surface area contributed by atoms with Crippen LogP contribution in [0.5, 0.6) is 0 Å². The average Bonchev–Trinajstić information content (AvgIpc) is 2.54. The molecule has 2 heteroatoms. The molecule has 1 aliphatic rings. The minimum Gasteiger partial charge on any atom is -0.245 e. The second kappa shape index (κ2) is 3.90. The molecule has 0 atom stereocenters. The predicted molar refractivity (Wildman–Crippen MR) is 54.1 cm³/mol. The van der Waals surface area contributed by atoms with E-state index in [9.17, 15) is 0 Å². The van der Waals surface area contributed by atoms with E-state index in [4.69, 9.17) is 0 Å². The summed E-state index contributed by atoms with van der Waals surface area (Å²) in [4.78, 5) is 0. The van der Waals surface area contributed by atoms with Crippen LogP contribution in [0.4, 0.5) is 0 Å². The lowest BCUT2D eigenvalue weighted by Crippen LogP contribution is -2.32. The number of hydrogen-bond acceptors (Lipinski definition) is 2. The lowest BCUT2D eigenvalue weighted by atomic mass is 10.2. The third-order valence-electron chi connectivity index (χ3n) is 2.59. The smallest absolute Gasteiger partial charge is 0.0384 e. The van der Waals surface area contributed by atoms with Gasteiger partial charge >= 0.3 is 0 Å². The third-order valence-corrected chi connectivity index (χ3v) is 2.59. The summed E-state index contributed by atoms with van der Waals surface area (Å²) in [6.07, 6.45) is 1.29. The molecule has 1 saturated heterocycles.